The topological polar surface area (TPSA) is 72.4 Å². The summed E-state index contributed by atoms with van der Waals surface area (Å²) in [5.41, 5.74) is -0.426. The fourth-order valence-corrected chi connectivity index (χ4v) is 2.03. The number of rotatable bonds is 3. The second-order valence-electron chi connectivity index (χ2n) is 4.75. The van der Waals surface area contributed by atoms with Gasteiger partial charge in [-0.15, -0.1) is 0 Å². The zero-order valence-electron chi connectivity index (χ0n) is 11.7. The Bertz CT molecular complexity index is 809. The Morgan fingerprint density at radius 3 is 2.73 bits per heavy atom. The number of halogens is 3. The first-order chi connectivity index (χ1) is 10.3. The van der Waals surface area contributed by atoms with E-state index in [1.165, 1.54) is 4.52 Å². The lowest BCUT2D eigenvalue weighted by molar-refractivity contribution is -0.141. The molecule has 0 saturated heterocycles. The van der Waals surface area contributed by atoms with Gasteiger partial charge in [0.15, 0.2) is 5.69 Å². The highest BCUT2D eigenvalue weighted by atomic mass is 19.4. The van der Waals surface area contributed by atoms with E-state index in [0.29, 0.717) is 11.5 Å². The molecule has 0 N–H and O–H groups in total. The molecular weight excluding hydrogens is 301 g/mol. The van der Waals surface area contributed by atoms with Crippen LogP contribution < -0.4 is 4.90 Å². The Hall–Kier alpha value is -2.65. The molecule has 3 rings (SSSR count). The molecule has 0 aliphatic carbocycles. The van der Waals surface area contributed by atoms with Crippen LogP contribution in [0.15, 0.2) is 23.0 Å². The van der Waals surface area contributed by atoms with Crippen molar-refractivity contribution in [3.05, 3.63) is 35.6 Å². The van der Waals surface area contributed by atoms with Crippen LogP contribution in [-0.2, 0) is 12.7 Å². The highest BCUT2D eigenvalue weighted by molar-refractivity contribution is 5.47. The quantitative estimate of drug-likeness (QED) is 0.737. The molecule has 0 atom stereocenters. The third kappa shape index (κ3) is 2.59. The van der Waals surface area contributed by atoms with Gasteiger partial charge in [-0.1, -0.05) is 5.16 Å². The third-order valence-corrected chi connectivity index (χ3v) is 2.99. The summed E-state index contributed by atoms with van der Waals surface area (Å²) in [6.07, 6.45) is -3.41. The first-order valence-corrected chi connectivity index (χ1v) is 6.26. The minimum Gasteiger partial charge on any atom is -0.361 e. The van der Waals surface area contributed by atoms with Gasteiger partial charge in [0.25, 0.3) is 5.78 Å². The molecular formula is C12H11F3N6O. The molecule has 0 bridgehead atoms. The van der Waals surface area contributed by atoms with Crippen molar-refractivity contribution in [1.29, 1.82) is 0 Å². The monoisotopic (exact) mass is 312 g/mol. The number of alkyl halides is 3. The van der Waals surface area contributed by atoms with Crippen molar-refractivity contribution in [2.24, 2.45) is 0 Å². The fourth-order valence-electron chi connectivity index (χ4n) is 2.03. The van der Waals surface area contributed by atoms with Crippen LogP contribution in [-0.4, -0.2) is 31.8 Å². The Morgan fingerprint density at radius 1 is 1.32 bits per heavy atom. The SMILES string of the molecule is Cc1cc(CN(C)c2cc(C(F)(F)F)nc3ncnn23)no1. The second-order valence-corrected chi connectivity index (χ2v) is 4.75. The van der Waals surface area contributed by atoms with Gasteiger partial charge in [-0.3, -0.25) is 0 Å². The van der Waals surface area contributed by atoms with Crippen molar-refractivity contribution in [3.8, 4) is 0 Å². The van der Waals surface area contributed by atoms with Crippen molar-refractivity contribution in [3.63, 3.8) is 0 Å². The fraction of sp³-hybridized carbons (Fsp3) is 0.333. The van der Waals surface area contributed by atoms with Gasteiger partial charge in [0.1, 0.15) is 23.6 Å². The van der Waals surface area contributed by atoms with Crippen LogP contribution in [0.5, 0.6) is 0 Å². The van der Waals surface area contributed by atoms with E-state index in [-0.39, 0.29) is 18.1 Å². The first kappa shape index (κ1) is 14.3. The number of fused-ring (bicyclic) bond motifs is 1. The number of hydrogen-bond acceptors (Lipinski definition) is 6. The largest absolute Gasteiger partial charge is 0.433 e. The lowest BCUT2D eigenvalue weighted by Crippen LogP contribution is -2.22. The van der Waals surface area contributed by atoms with Gasteiger partial charge < -0.3 is 9.42 Å². The summed E-state index contributed by atoms with van der Waals surface area (Å²) in [4.78, 5) is 8.76. The molecule has 0 spiro atoms. The van der Waals surface area contributed by atoms with E-state index in [9.17, 15) is 13.2 Å². The van der Waals surface area contributed by atoms with E-state index in [0.717, 1.165) is 12.4 Å². The van der Waals surface area contributed by atoms with Crippen molar-refractivity contribution >= 4 is 11.6 Å². The lowest BCUT2D eigenvalue weighted by Gasteiger charge is -2.19. The minimum atomic E-state index is -4.56. The molecule has 116 valence electrons. The van der Waals surface area contributed by atoms with Crippen LogP contribution in [0.3, 0.4) is 0 Å². The van der Waals surface area contributed by atoms with Crippen LogP contribution in [0, 0.1) is 6.92 Å². The third-order valence-electron chi connectivity index (χ3n) is 2.99. The number of anilines is 1. The van der Waals surface area contributed by atoms with E-state index >= 15 is 0 Å². The van der Waals surface area contributed by atoms with E-state index in [1.807, 2.05) is 0 Å². The molecule has 0 aliphatic heterocycles. The molecule has 22 heavy (non-hydrogen) atoms. The van der Waals surface area contributed by atoms with Gasteiger partial charge in [0, 0.05) is 19.2 Å². The molecule has 3 heterocycles. The Labute approximate surface area is 122 Å². The molecule has 0 aliphatic rings. The summed E-state index contributed by atoms with van der Waals surface area (Å²) in [6, 6.07) is 2.63. The van der Waals surface area contributed by atoms with E-state index in [2.05, 4.69) is 20.2 Å². The van der Waals surface area contributed by atoms with Crippen molar-refractivity contribution < 1.29 is 17.7 Å². The standard InChI is InChI=1S/C12H11F3N6O/c1-7-3-8(19-22-7)5-20(2)10-4-9(12(13,14)15)18-11-16-6-17-21(10)11/h3-4,6H,5H2,1-2H3. The molecule has 0 radical (unpaired) electrons. The molecule has 0 saturated carbocycles. The zero-order valence-corrected chi connectivity index (χ0v) is 11.7. The first-order valence-electron chi connectivity index (χ1n) is 6.26. The van der Waals surface area contributed by atoms with Crippen molar-refractivity contribution in [2.45, 2.75) is 19.6 Å². The number of nitrogens with zero attached hydrogens (tertiary/aromatic N) is 6. The highest BCUT2D eigenvalue weighted by Gasteiger charge is 2.34. The summed E-state index contributed by atoms with van der Waals surface area (Å²) >= 11 is 0. The van der Waals surface area contributed by atoms with E-state index in [1.54, 1.807) is 24.9 Å². The molecule has 3 aromatic rings. The smallest absolute Gasteiger partial charge is 0.361 e. The molecule has 0 amide bonds. The summed E-state index contributed by atoms with van der Waals surface area (Å²) in [5.74, 6) is 0.712. The predicted octanol–water partition coefficient (Wildman–Crippen LogP) is 2.08. The van der Waals surface area contributed by atoms with Gasteiger partial charge in [0.2, 0.25) is 0 Å². The average molecular weight is 312 g/mol. The Balaban J connectivity index is 2.02. The highest BCUT2D eigenvalue weighted by Crippen LogP contribution is 2.30. The maximum atomic E-state index is 12.9. The molecule has 0 fully saturated rings. The summed E-state index contributed by atoms with van der Waals surface area (Å²) < 4.78 is 45.0. The number of hydrogen-bond donors (Lipinski definition) is 0. The summed E-state index contributed by atoms with van der Waals surface area (Å²) in [7, 11) is 1.63. The van der Waals surface area contributed by atoms with Crippen LogP contribution >= 0.6 is 0 Å². The van der Waals surface area contributed by atoms with Gasteiger partial charge in [0.05, 0.1) is 6.54 Å². The maximum Gasteiger partial charge on any atom is 0.433 e. The maximum absolute atomic E-state index is 12.9. The molecule has 3 aromatic heterocycles. The van der Waals surface area contributed by atoms with Gasteiger partial charge >= 0.3 is 6.18 Å². The van der Waals surface area contributed by atoms with E-state index in [4.69, 9.17) is 4.52 Å². The number of aryl methyl sites for hydroxylation is 1. The average Bonchev–Trinajstić information content (AvgIpc) is 3.05. The van der Waals surface area contributed by atoms with Crippen LogP contribution in [0.4, 0.5) is 19.0 Å². The van der Waals surface area contributed by atoms with Crippen LogP contribution in [0.1, 0.15) is 17.1 Å². The normalized spacial score (nSPS) is 12.0. The van der Waals surface area contributed by atoms with Crippen LogP contribution in [0.25, 0.3) is 5.78 Å². The van der Waals surface area contributed by atoms with Gasteiger partial charge in [-0.05, 0) is 6.92 Å². The minimum absolute atomic E-state index is 0.118. The van der Waals surface area contributed by atoms with Crippen LogP contribution in [0.2, 0.25) is 0 Å². The molecule has 10 heteroatoms. The molecule has 7 nitrogen and oxygen atoms in total. The Morgan fingerprint density at radius 2 is 2.09 bits per heavy atom. The van der Waals surface area contributed by atoms with E-state index < -0.39 is 11.9 Å². The second kappa shape index (κ2) is 4.97. The predicted molar refractivity (Wildman–Crippen MR) is 69.1 cm³/mol. The molecule has 0 aromatic carbocycles. The Kier molecular flexibility index (Phi) is 3.23. The van der Waals surface area contributed by atoms with Gasteiger partial charge in [-0.25, -0.2) is 4.98 Å². The molecule has 0 unspecified atom stereocenters. The lowest BCUT2D eigenvalue weighted by atomic mass is 10.3. The van der Waals surface area contributed by atoms with Crippen molar-refractivity contribution in [1.82, 2.24) is 24.7 Å². The van der Waals surface area contributed by atoms with Crippen molar-refractivity contribution in [2.75, 3.05) is 11.9 Å². The summed E-state index contributed by atoms with van der Waals surface area (Å²) in [5, 5.41) is 7.72. The summed E-state index contributed by atoms with van der Waals surface area (Å²) in [6.45, 7) is 1.99. The number of aromatic nitrogens is 5. The van der Waals surface area contributed by atoms with Gasteiger partial charge in [-0.2, -0.15) is 27.8 Å². The zero-order chi connectivity index (χ0) is 15.9.